The van der Waals surface area contributed by atoms with Crippen LogP contribution < -0.4 is 11.3 Å². The molecule has 0 saturated heterocycles. The Labute approximate surface area is 84.5 Å². The summed E-state index contributed by atoms with van der Waals surface area (Å²) in [5.41, 5.74) is 2.22. The van der Waals surface area contributed by atoms with E-state index in [0.717, 1.165) is 10.1 Å². The van der Waals surface area contributed by atoms with Crippen molar-refractivity contribution in [2.24, 2.45) is 5.84 Å². The quantitative estimate of drug-likeness (QED) is 0.247. The third kappa shape index (κ3) is 1.23. The lowest BCUT2D eigenvalue weighted by Crippen LogP contribution is -2.29. The second kappa shape index (κ2) is 3.28. The van der Waals surface area contributed by atoms with Gasteiger partial charge in [-0.3, -0.25) is 5.41 Å². The van der Waals surface area contributed by atoms with Crippen molar-refractivity contribution in [3.63, 3.8) is 0 Å². The molecule has 0 aliphatic carbocycles. The van der Waals surface area contributed by atoms with Crippen molar-refractivity contribution in [2.75, 3.05) is 0 Å². The van der Waals surface area contributed by atoms with E-state index in [9.17, 15) is 5.11 Å². The van der Waals surface area contributed by atoms with Crippen LogP contribution in [0.3, 0.4) is 0 Å². The van der Waals surface area contributed by atoms with Gasteiger partial charge in [-0.2, -0.15) is 0 Å². The molecular weight excluding hydrogens is 198 g/mol. The van der Waals surface area contributed by atoms with Gasteiger partial charge in [0, 0.05) is 10.1 Å². The van der Waals surface area contributed by atoms with Crippen molar-refractivity contribution in [3.05, 3.63) is 29.1 Å². The van der Waals surface area contributed by atoms with E-state index in [1.807, 2.05) is 24.3 Å². The van der Waals surface area contributed by atoms with Crippen LogP contribution in [0, 0.1) is 5.41 Å². The van der Waals surface area contributed by atoms with E-state index in [1.54, 1.807) is 0 Å². The van der Waals surface area contributed by atoms with E-state index in [4.69, 9.17) is 11.3 Å². The molecule has 0 unspecified atom stereocenters. The Balaban J connectivity index is 2.68. The lowest BCUT2D eigenvalue weighted by atomic mass is 10.2. The van der Waals surface area contributed by atoms with Gasteiger partial charge in [0.2, 0.25) is 0 Å². The number of fused-ring (bicyclic) bond motifs is 1. The van der Waals surface area contributed by atoms with E-state index in [0.29, 0.717) is 4.88 Å². The predicted molar refractivity (Wildman–Crippen MR) is 57.6 cm³/mol. The highest BCUT2D eigenvalue weighted by Gasteiger charge is 2.13. The summed E-state index contributed by atoms with van der Waals surface area (Å²) in [6.07, 6.45) is 0. The molecule has 1 aromatic heterocycles. The first-order valence-corrected chi connectivity index (χ1v) is 4.81. The van der Waals surface area contributed by atoms with E-state index >= 15 is 0 Å². The summed E-state index contributed by atoms with van der Waals surface area (Å²) in [6.45, 7) is 0. The maximum Gasteiger partial charge on any atom is 0.153 e. The molecule has 0 radical (unpaired) electrons. The van der Waals surface area contributed by atoms with Gasteiger partial charge in [0.25, 0.3) is 0 Å². The van der Waals surface area contributed by atoms with Gasteiger partial charge in [0.05, 0.1) is 0 Å². The molecule has 0 spiro atoms. The number of hydrogen-bond acceptors (Lipinski definition) is 4. The highest BCUT2D eigenvalue weighted by atomic mass is 32.1. The van der Waals surface area contributed by atoms with Crippen LogP contribution in [0.4, 0.5) is 0 Å². The molecule has 0 fully saturated rings. The summed E-state index contributed by atoms with van der Waals surface area (Å²) in [5, 5.41) is 18.0. The highest BCUT2D eigenvalue weighted by molar-refractivity contribution is 7.21. The van der Waals surface area contributed by atoms with Crippen LogP contribution in [0.2, 0.25) is 0 Å². The molecule has 2 aromatic rings. The first-order chi connectivity index (χ1) is 6.74. The minimum Gasteiger partial charge on any atom is -0.506 e. The molecule has 0 atom stereocenters. The average molecular weight is 207 g/mol. The van der Waals surface area contributed by atoms with E-state index < -0.39 is 0 Å². The van der Waals surface area contributed by atoms with Crippen molar-refractivity contribution in [2.45, 2.75) is 0 Å². The third-order valence-corrected chi connectivity index (χ3v) is 3.12. The van der Waals surface area contributed by atoms with Crippen molar-refractivity contribution in [3.8, 4) is 5.75 Å². The molecule has 5 heteroatoms. The Morgan fingerprint density at radius 3 is 2.79 bits per heavy atom. The Bertz CT molecular complexity index is 492. The number of thiophene rings is 1. The monoisotopic (exact) mass is 207 g/mol. The number of hydrazine groups is 1. The Kier molecular flexibility index (Phi) is 2.11. The van der Waals surface area contributed by atoms with Crippen LogP contribution in [-0.4, -0.2) is 10.9 Å². The second-order valence-corrected chi connectivity index (χ2v) is 3.85. The molecule has 1 heterocycles. The Morgan fingerprint density at radius 2 is 2.14 bits per heavy atom. The fraction of sp³-hybridized carbons (Fsp3) is 0. The number of nitrogens with two attached hydrogens (primary N) is 1. The molecular formula is C9H9N3OS. The standard InChI is InChI=1S/C9H9N3OS/c10-9(12-11)8-7(13)5-3-1-2-4-6(5)14-8/h1-4,13H,11H2,(H2,10,12). The zero-order chi connectivity index (χ0) is 10.1. The fourth-order valence-electron chi connectivity index (χ4n) is 1.27. The van der Waals surface area contributed by atoms with Crippen LogP contribution >= 0.6 is 11.3 Å². The van der Waals surface area contributed by atoms with Crippen molar-refractivity contribution < 1.29 is 5.11 Å². The maximum absolute atomic E-state index is 9.77. The molecule has 2 rings (SSSR count). The predicted octanol–water partition coefficient (Wildman–Crippen LogP) is 1.40. The molecule has 5 N–H and O–H groups in total. The summed E-state index contributed by atoms with van der Waals surface area (Å²) in [6, 6.07) is 7.45. The molecule has 0 aliphatic rings. The van der Waals surface area contributed by atoms with Gasteiger partial charge in [0.15, 0.2) is 5.84 Å². The molecule has 14 heavy (non-hydrogen) atoms. The fourth-order valence-corrected chi connectivity index (χ4v) is 2.28. The van der Waals surface area contributed by atoms with Crippen LogP contribution in [0.1, 0.15) is 4.88 Å². The second-order valence-electron chi connectivity index (χ2n) is 2.80. The van der Waals surface area contributed by atoms with E-state index in [2.05, 4.69) is 5.43 Å². The molecule has 0 bridgehead atoms. The normalized spacial score (nSPS) is 10.4. The lowest BCUT2D eigenvalue weighted by molar-refractivity contribution is 0.482. The van der Waals surface area contributed by atoms with Gasteiger partial charge in [-0.15, -0.1) is 11.3 Å². The first kappa shape index (κ1) is 8.98. The first-order valence-electron chi connectivity index (χ1n) is 4.00. The van der Waals surface area contributed by atoms with Crippen LogP contribution in [-0.2, 0) is 0 Å². The topological polar surface area (TPSA) is 82.1 Å². The van der Waals surface area contributed by atoms with Crippen LogP contribution in [0.5, 0.6) is 5.75 Å². The largest absolute Gasteiger partial charge is 0.506 e. The van der Waals surface area contributed by atoms with Crippen molar-refractivity contribution in [1.29, 1.82) is 5.41 Å². The molecule has 72 valence electrons. The highest BCUT2D eigenvalue weighted by Crippen LogP contribution is 2.36. The van der Waals surface area contributed by atoms with Gasteiger partial charge >= 0.3 is 0 Å². The average Bonchev–Trinajstić information content (AvgIpc) is 2.56. The van der Waals surface area contributed by atoms with Gasteiger partial charge in [-0.25, -0.2) is 5.84 Å². The summed E-state index contributed by atoms with van der Waals surface area (Å²) >= 11 is 1.34. The minimum absolute atomic E-state index is 0.0312. The van der Waals surface area contributed by atoms with Crippen LogP contribution in [0.15, 0.2) is 24.3 Å². The number of amidine groups is 1. The lowest BCUT2D eigenvalue weighted by Gasteiger charge is -1.98. The van der Waals surface area contributed by atoms with E-state index in [-0.39, 0.29) is 11.6 Å². The molecule has 4 nitrogen and oxygen atoms in total. The summed E-state index contributed by atoms with van der Waals surface area (Å²) in [7, 11) is 0. The Hall–Kier alpha value is -1.59. The van der Waals surface area contributed by atoms with E-state index in [1.165, 1.54) is 11.3 Å². The number of nitrogens with one attached hydrogen (secondary N) is 2. The summed E-state index contributed by atoms with van der Waals surface area (Å²) in [4.78, 5) is 0.466. The molecule has 0 aliphatic heterocycles. The smallest absolute Gasteiger partial charge is 0.153 e. The Morgan fingerprint density at radius 1 is 1.43 bits per heavy atom. The molecule has 0 amide bonds. The van der Waals surface area contributed by atoms with Crippen molar-refractivity contribution >= 4 is 27.3 Å². The number of aromatic hydroxyl groups is 1. The summed E-state index contributed by atoms with van der Waals surface area (Å²) in [5.74, 6) is 5.27. The van der Waals surface area contributed by atoms with Crippen molar-refractivity contribution in [1.82, 2.24) is 5.43 Å². The molecule has 1 aromatic carbocycles. The number of benzene rings is 1. The zero-order valence-electron chi connectivity index (χ0n) is 7.24. The van der Waals surface area contributed by atoms with Gasteiger partial charge < -0.3 is 10.5 Å². The minimum atomic E-state index is 0.0312. The van der Waals surface area contributed by atoms with Gasteiger partial charge in [-0.05, 0) is 12.1 Å². The maximum atomic E-state index is 9.77. The SMILES string of the molecule is N=C(NN)c1sc2ccccc2c1O. The number of hydrogen-bond donors (Lipinski definition) is 4. The van der Waals surface area contributed by atoms with Gasteiger partial charge in [0.1, 0.15) is 10.6 Å². The molecule has 0 saturated carbocycles. The van der Waals surface area contributed by atoms with Crippen LogP contribution in [0.25, 0.3) is 10.1 Å². The third-order valence-electron chi connectivity index (χ3n) is 1.94. The number of rotatable bonds is 1. The zero-order valence-corrected chi connectivity index (χ0v) is 8.06. The summed E-state index contributed by atoms with van der Waals surface area (Å²) < 4.78 is 0.944. The van der Waals surface area contributed by atoms with Gasteiger partial charge in [-0.1, -0.05) is 12.1 Å².